The first kappa shape index (κ1) is 16.1. The number of carbonyl (C=O) groups is 1. The van der Waals surface area contributed by atoms with Crippen LogP contribution in [0.25, 0.3) is 0 Å². The Bertz CT molecular complexity index is 506. The third kappa shape index (κ3) is 2.05. The van der Waals surface area contributed by atoms with Gasteiger partial charge < -0.3 is 10.4 Å². The average Bonchev–Trinajstić information content (AvgIpc) is 2.85. The molecule has 0 amide bonds. The summed E-state index contributed by atoms with van der Waals surface area (Å²) in [4.78, 5) is 12.0. The van der Waals surface area contributed by atoms with Crippen molar-refractivity contribution in [2.45, 2.75) is 77.4 Å². The quantitative estimate of drug-likeness (QED) is 0.780. The maximum Gasteiger partial charge on any atom is 0.135 e. The van der Waals surface area contributed by atoms with Crippen LogP contribution in [0.3, 0.4) is 0 Å². The van der Waals surface area contributed by atoms with Crippen molar-refractivity contribution in [1.82, 2.24) is 5.32 Å². The molecule has 4 saturated carbocycles. The molecule has 3 nitrogen and oxygen atoms in total. The summed E-state index contributed by atoms with van der Waals surface area (Å²) in [5.41, 5.74) is 0.421. The Morgan fingerprint density at radius 2 is 1.83 bits per heavy atom. The summed E-state index contributed by atoms with van der Waals surface area (Å²) in [6, 6.07) is 0.664. The number of ketones is 1. The van der Waals surface area contributed by atoms with Crippen molar-refractivity contribution in [3.05, 3.63) is 0 Å². The van der Waals surface area contributed by atoms with E-state index in [-0.39, 0.29) is 11.2 Å². The fourth-order valence-corrected chi connectivity index (χ4v) is 7.58. The van der Waals surface area contributed by atoms with Crippen LogP contribution < -0.4 is 5.32 Å². The number of hydrogen-bond donors (Lipinski definition) is 2. The van der Waals surface area contributed by atoms with E-state index in [4.69, 9.17) is 0 Å². The molecule has 0 aliphatic heterocycles. The Balaban J connectivity index is 1.65. The molecule has 23 heavy (non-hydrogen) atoms. The van der Waals surface area contributed by atoms with Crippen LogP contribution in [0.2, 0.25) is 0 Å². The zero-order valence-corrected chi connectivity index (χ0v) is 15.0. The van der Waals surface area contributed by atoms with Gasteiger partial charge in [-0.2, -0.15) is 0 Å². The Hall–Kier alpha value is -0.410. The number of carbonyl (C=O) groups excluding carboxylic acids is 1. The normalized spacial score (nSPS) is 55.9. The minimum absolute atomic E-state index is 0.0180. The van der Waals surface area contributed by atoms with Gasteiger partial charge in [0.1, 0.15) is 5.78 Å². The monoisotopic (exact) mass is 319 g/mol. The van der Waals surface area contributed by atoms with Gasteiger partial charge in [0.2, 0.25) is 0 Å². The highest BCUT2D eigenvalue weighted by molar-refractivity contribution is 5.80. The third-order valence-corrected chi connectivity index (χ3v) is 8.93. The van der Waals surface area contributed by atoms with Crippen LogP contribution in [0.15, 0.2) is 0 Å². The van der Waals surface area contributed by atoms with Crippen LogP contribution in [0.1, 0.15) is 65.2 Å². The number of Topliss-reactive ketones (excluding diaryl/α,β-unsaturated/α-hetero) is 1. The van der Waals surface area contributed by atoms with Crippen molar-refractivity contribution in [3.8, 4) is 0 Å². The van der Waals surface area contributed by atoms with Gasteiger partial charge in [-0.05, 0) is 74.7 Å². The predicted octanol–water partition coefficient (Wildman–Crippen LogP) is 3.16. The highest BCUT2D eigenvalue weighted by Gasteiger charge is 2.62. The number of nitrogens with one attached hydrogen (secondary N) is 1. The molecule has 0 aromatic heterocycles. The lowest BCUT2D eigenvalue weighted by Crippen LogP contribution is -2.59. The molecule has 8 atom stereocenters. The van der Waals surface area contributed by atoms with Gasteiger partial charge in [-0.15, -0.1) is 0 Å². The SMILES string of the molecule is CN[C@@H]1CC[C@H]2[C@@H]3CC[C@H]4CC(=O)CC(O)[C@]4(C)[C@H]3CC[C@]12C. The maximum absolute atomic E-state index is 12.0. The van der Waals surface area contributed by atoms with E-state index >= 15 is 0 Å². The highest BCUT2D eigenvalue weighted by atomic mass is 16.3. The van der Waals surface area contributed by atoms with Crippen molar-refractivity contribution in [2.24, 2.45) is 34.5 Å². The molecule has 4 fully saturated rings. The molecule has 0 saturated heterocycles. The van der Waals surface area contributed by atoms with Crippen molar-refractivity contribution in [3.63, 3.8) is 0 Å². The molecule has 4 rings (SSSR count). The second-order valence-corrected chi connectivity index (χ2v) is 9.44. The molecule has 130 valence electrons. The second-order valence-electron chi connectivity index (χ2n) is 9.44. The molecule has 0 aromatic rings. The minimum atomic E-state index is -0.410. The minimum Gasteiger partial charge on any atom is -0.392 e. The molecule has 2 N–H and O–H groups in total. The van der Waals surface area contributed by atoms with Gasteiger partial charge in [-0.3, -0.25) is 4.79 Å². The van der Waals surface area contributed by atoms with E-state index in [1.807, 2.05) is 0 Å². The molecule has 1 unspecified atom stereocenters. The summed E-state index contributed by atoms with van der Waals surface area (Å²) >= 11 is 0. The molecule has 0 radical (unpaired) electrons. The zero-order valence-electron chi connectivity index (χ0n) is 15.0. The lowest BCUT2D eigenvalue weighted by molar-refractivity contribution is -0.169. The van der Waals surface area contributed by atoms with Crippen LogP contribution in [0, 0.1) is 34.5 Å². The molecule has 0 spiro atoms. The topological polar surface area (TPSA) is 49.3 Å². The first-order valence-electron chi connectivity index (χ1n) is 9.78. The van der Waals surface area contributed by atoms with E-state index < -0.39 is 6.10 Å². The van der Waals surface area contributed by atoms with Gasteiger partial charge in [-0.1, -0.05) is 13.8 Å². The molecule has 0 heterocycles. The number of hydrogen-bond acceptors (Lipinski definition) is 3. The summed E-state index contributed by atoms with van der Waals surface area (Å²) < 4.78 is 0. The Morgan fingerprint density at radius 1 is 1.04 bits per heavy atom. The smallest absolute Gasteiger partial charge is 0.135 e. The molecular formula is C20H33NO2. The summed E-state index contributed by atoms with van der Waals surface area (Å²) in [6.45, 7) is 4.83. The Labute approximate surface area is 140 Å². The number of fused-ring (bicyclic) bond motifs is 5. The first-order valence-corrected chi connectivity index (χ1v) is 9.78. The first-order chi connectivity index (χ1) is 10.9. The molecular weight excluding hydrogens is 286 g/mol. The van der Waals surface area contributed by atoms with Gasteiger partial charge in [0.15, 0.2) is 0 Å². The van der Waals surface area contributed by atoms with Gasteiger partial charge in [0.25, 0.3) is 0 Å². The summed E-state index contributed by atoms with van der Waals surface area (Å²) in [6.07, 6.45) is 8.32. The fraction of sp³-hybridized carbons (Fsp3) is 0.950. The summed E-state index contributed by atoms with van der Waals surface area (Å²) in [7, 11) is 2.12. The van der Waals surface area contributed by atoms with Crippen LogP contribution in [-0.4, -0.2) is 30.1 Å². The van der Waals surface area contributed by atoms with Crippen LogP contribution >= 0.6 is 0 Å². The van der Waals surface area contributed by atoms with Crippen molar-refractivity contribution in [1.29, 1.82) is 0 Å². The molecule has 4 aliphatic carbocycles. The van der Waals surface area contributed by atoms with Gasteiger partial charge in [-0.25, -0.2) is 0 Å². The van der Waals surface area contributed by atoms with Crippen molar-refractivity contribution >= 4 is 5.78 Å². The van der Waals surface area contributed by atoms with E-state index in [1.165, 1.54) is 32.1 Å². The van der Waals surface area contributed by atoms with Crippen molar-refractivity contribution in [2.75, 3.05) is 7.05 Å². The van der Waals surface area contributed by atoms with E-state index in [0.29, 0.717) is 29.7 Å². The predicted molar refractivity (Wildman–Crippen MR) is 91.0 cm³/mol. The second kappa shape index (κ2) is 5.29. The molecule has 4 aliphatic rings. The average molecular weight is 319 g/mol. The van der Waals surface area contributed by atoms with Crippen LogP contribution in [0.5, 0.6) is 0 Å². The third-order valence-electron chi connectivity index (χ3n) is 8.93. The Morgan fingerprint density at radius 3 is 2.57 bits per heavy atom. The van der Waals surface area contributed by atoms with Crippen LogP contribution in [0.4, 0.5) is 0 Å². The standard InChI is InChI=1S/C20H33NO2/c1-19-9-8-16-14(15(19)6-7-17(19)21-3)5-4-12-10-13(22)11-18(23)20(12,16)2/h12,14-18,21,23H,4-11H2,1-3H3/t12-,14-,15-,16-,17+,18?,19-,20-/m0/s1. The largest absolute Gasteiger partial charge is 0.392 e. The molecule has 3 heteroatoms. The lowest BCUT2D eigenvalue weighted by atomic mass is 9.44. The molecule has 0 bridgehead atoms. The van der Waals surface area contributed by atoms with E-state index in [2.05, 4.69) is 26.2 Å². The maximum atomic E-state index is 12.0. The van der Waals surface area contributed by atoms with E-state index in [1.54, 1.807) is 0 Å². The molecule has 0 aromatic carbocycles. The fourth-order valence-electron chi connectivity index (χ4n) is 7.58. The number of aliphatic hydroxyl groups excluding tert-OH is 1. The van der Waals surface area contributed by atoms with Gasteiger partial charge in [0.05, 0.1) is 6.10 Å². The van der Waals surface area contributed by atoms with Gasteiger partial charge >= 0.3 is 0 Å². The zero-order chi connectivity index (χ0) is 16.4. The summed E-state index contributed by atoms with van der Waals surface area (Å²) in [5.74, 6) is 2.90. The van der Waals surface area contributed by atoms with E-state index in [9.17, 15) is 9.90 Å². The van der Waals surface area contributed by atoms with Crippen molar-refractivity contribution < 1.29 is 9.90 Å². The van der Waals surface area contributed by atoms with Crippen LogP contribution in [-0.2, 0) is 4.79 Å². The highest BCUT2D eigenvalue weighted by Crippen LogP contribution is 2.65. The van der Waals surface area contributed by atoms with E-state index in [0.717, 1.165) is 24.7 Å². The lowest BCUT2D eigenvalue weighted by Gasteiger charge is -2.61. The Kier molecular flexibility index (Phi) is 3.70. The van der Waals surface area contributed by atoms with Gasteiger partial charge in [0, 0.05) is 24.3 Å². The number of aliphatic hydroxyl groups is 1. The number of rotatable bonds is 1. The summed E-state index contributed by atoms with van der Waals surface area (Å²) in [5, 5.41) is 14.4.